The summed E-state index contributed by atoms with van der Waals surface area (Å²) in [6, 6.07) is 8.06. The van der Waals surface area contributed by atoms with E-state index in [0.29, 0.717) is 6.54 Å². The highest BCUT2D eigenvalue weighted by atomic mass is 32.1. The van der Waals surface area contributed by atoms with Crippen LogP contribution in [0.4, 0.5) is 5.82 Å². The van der Waals surface area contributed by atoms with E-state index >= 15 is 0 Å². The number of rotatable bonds is 4. The Hall–Kier alpha value is -1.95. The summed E-state index contributed by atoms with van der Waals surface area (Å²) >= 11 is 1.66. The zero-order valence-electron chi connectivity index (χ0n) is 12.7. The number of nitrogens with one attached hydrogen (secondary N) is 1. The van der Waals surface area contributed by atoms with Gasteiger partial charge in [-0.25, -0.2) is 0 Å². The fraction of sp³-hybridized carbons (Fsp3) is 0.438. The Morgan fingerprint density at radius 2 is 2.32 bits per heavy atom. The van der Waals surface area contributed by atoms with Crippen LogP contribution in [0.2, 0.25) is 0 Å². The molecule has 0 radical (unpaired) electrons. The fourth-order valence-electron chi connectivity index (χ4n) is 2.77. The minimum Gasteiger partial charge on any atom is -0.356 e. The standard InChI is InChI=1S/C16H20N4OS/c1-2-17-16(21)12-5-3-9-20(11-12)15-8-7-13(18-19-15)14-6-4-10-22-14/h4,6-8,10,12H,2-3,5,9,11H2,1H3,(H,17,21). The van der Waals surface area contributed by atoms with E-state index in [4.69, 9.17) is 0 Å². The number of carbonyl (C=O) groups is 1. The number of carbonyl (C=O) groups excluding carboxylic acids is 1. The van der Waals surface area contributed by atoms with Gasteiger partial charge in [-0.3, -0.25) is 4.79 Å². The molecule has 0 saturated carbocycles. The Morgan fingerprint density at radius 1 is 1.41 bits per heavy atom. The van der Waals surface area contributed by atoms with Crippen LogP contribution in [0.25, 0.3) is 10.6 Å². The Bertz CT molecular complexity index is 612. The number of nitrogens with zero attached hydrogens (tertiary/aromatic N) is 3. The number of piperidine rings is 1. The van der Waals surface area contributed by atoms with Gasteiger partial charge in [-0.15, -0.1) is 21.5 Å². The summed E-state index contributed by atoms with van der Waals surface area (Å²) in [6.45, 7) is 4.29. The molecule has 2 aromatic heterocycles. The summed E-state index contributed by atoms with van der Waals surface area (Å²) in [5, 5.41) is 13.6. The summed E-state index contributed by atoms with van der Waals surface area (Å²) in [4.78, 5) is 15.3. The van der Waals surface area contributed by atoms with E-state index in [1.165, 1.54) is 0 Å². The first-order chi connectivity index (χ1) is 10.8. The summed E-state index contributed by atoms with van der Waals surface area (Å²) in [5.41, 5.74) is 0.899. The number of thiophene rings is 1. The average Bonchev–Trinajstić information content (AvgIpc) is 3.10. The molecule has 0 aliphatic carbocycles. The molecule has 1 aliphatic heterocycles. The van der Waals surface area contributed by atoms with Crippen molar-refractivity contribution >= 4 is 23.1 Å². The lowest BCUT2D eigenvalue weighted by molar-refractivity contribution is -0.125. The molecule has 3 heterocycles. The third-order valence-electron chi connectivity index (χ3n) is 3.89. The van der Waals surface area contributed by atoms with E-state index < -0.39 is 0 Å². The minimum absolute atomic E-state index is 0.0486. The van der Waals surface area contributed by atoms with Crippen molar-refractivity contribution in [1.82, 2.24) is 15.5 Å². The first-order valence-corrected chi connectivity index (χ1v) is 8.56. The van der Waals surface area contributed by atoms with Gasteiger partial charge in [0.25, 0.3) is 0 Å². The predicted molar refractivity (Wildman–Crippen MR) is 89.0 cm³/mol. The third kappa shape index (κ3) is 3.27. The monoisotopic (exact) mass is 316 g/mol. The number of anilines is 1. The van der Waals surface area contributed by atoms with Gasteiger partial charge >= 0.3 is 0 Å². The van der Waals surface area contributed by atoms with Crippen molar-refractivity contribution in [2.45, 2.75) is 19.8 Å². The molecule has 1 fully saturated rings. The molecule has 0 bridgehead atoms. The van der Waals surface area contributed by atoms with Crippen LogP contribution >= 0.6 is 11.3 Å². The molecule has 1 unspecified atom stereocenters. The van der Waals surface area contributed by atoms with Crippen molar-refractivity contribution in [2.24, 2.45) is 5.92 Å². The van der Waals surface area contributed by atoms with E-state index in [2.05, 4.69) is 20.4 Å². The maximum atomic E-state index is 12.0. The van der Waals surface area contributed by atoms with Crippen LogP contribution in [-0.4, -0.2) is 35.7 Å². The van der Waals surface area contributed by atoms with Crippen molar-refractivity contribution in [3.8, 4) is 10.6 Å². The molecule has 3 rings (SSSR count). The normalized spacial score (nSPS) is 18.2. The third-order valence-corrected chi connectivity index (χ3v) is 4.78. The Morgan fingerprint density at radius 3 is 3.00 bits per heavy atom. The topological polar surface area (TPSA) is 58.1 Å². The van der Waals surface area contributed by atoms with Crippen molar-refractivity contribution in [3.05, 3.63) is 29.6 Å². The second-order valence-electron chi connectivity index (χ2n) is 5.43. The molecule has 2 aromatic rings. The largest absolute Gasteiger partial charge is 0.356 e. The Balaban J connectivity index is 1.69. The minimum atomic E-state index is 0.0486. The molecule has 116 valence electrons. The molecule has 0 spiro atoms. The van der Waals surface area contributed by atoms with Crippen LogP contribution in [-0.2, 0) is 4.79 Å². The van der Waals surface area contributed by atoms with E-state index in [1.807, 2.05) is 36.6 Å². The van der Waals surface area contributed by atoms with Crippen LogP contribution < -0.4 is 10.2 Å². The van der Waals surface area contributed by atoms with Gasteiger partial charge in [0.2, 0.25) is 5.91 Å². The first-order valence-electron chi connectivity index (χ1n) is 7.68. The van der Waals surface area contributed by atoms with E-state index in [-0.39, 0.29) is 11.8 Å². The van der Waals surface area contributed by atoms with Crippen LogP contribution in [0, 0.1) is 5.92 Å². The molecule has 1 saturated heterocycles. The number of hydrogen-bond donors (Lipinski definition) is 1. The van der Waals surface area contributed by atoms with Gasteiger partial charge in [-0.05, 0) is 43.3 Å². The van der Waals surface area contributed by atoms with Gasteiger partial charge < -0.3 is 10.2 Å². The zero-order chi connectivity index (χ0) is 15.4. The number of hydrogen-bond acceptors (Lipinski definition) is 5. The molecule has 22 heavy (non-hydrogen) atoms. The van der Waals surface area contributed by atoms with Crippen molar-refractivity contribution < 1.29 is 4.79 Å². The number of aromatic nitrogens is 2. The summed E-state index contributed by atoms with van der Waals surface area (Å²) in [7, 11) is 0. The maximum absolute atomic E-state index is 12.0. The highest BCUT2D eigenvalue weighted by Gasteiger charge is 2.26. The fourth-order valence-corrected chi connectivity index (χ4v) is 3.46. The van der Waals surface area contributed by atoms with Crippen molar-refractivity contribution in [3.63, 3.8) is 0 Å². The smallest absolute Gasteiger partial charge is 0.224 e. The molecule has 1 atom stereocenters. The van der Waals surface area contributed by atoms with Crippen LogP contribution in [0.5, 0.6) is 0 Å². The molecule has 6 heteroatoms. The van der Waals surface area contributed by atoms with Gasteiger partial charge in [0.1, 0.15) is 5.69 Å². The van der Waals surface area contributed by atoms with Crippen LogP contribution in [0.3, 0.4) is 0 Å². The second-order valence-corrected chi connectivity index (χ2v) is 6.38. The summed E-state index contributed by atoms with van der Waals surface area (Å²) in [5.74, 6) is 1.05. The molecule has 1 aliphatic rings. The van der Waals surface area contributed by atoms with Gasteiger partial charge in [0.15, 0.2) is 5.82 Å². The van der Waals surface area contributed by atoms with Crippen LogP contribution in [0.15, 0.2) is 29.6 Å². The lowest BCUT2D eigenvalue weighted by Gasteiger charge is -2.32. The molecule has 5 nitrogen and oxygen atoms in total. The molecule has 1 amide bonds. The maximum Gasteiger partial charge on any atom is 0.224 e. The first kappa shape index (κ1) is 15.0. The van der Waals surface area contributed by atoms with Crippen LogP contribution in [0.1, 0.15) is 19.8 Å². The van der Waals surface area contributed by atoms with E-state index in [1.54, 1.807) is 11.3 Å². The highest BCUT2D eigenvalue weighted by Crippen LogP contribution is 2.25. The quantitative estimate of drug-likeness (QED) is 0.942. The average molecular weight is 316 g/mol. The van der Waals surface area contributed by atoms with Gasteiger partial charge in [-0.2, -0.15) is 0 Å². The van der Waals surface area contributed by atoms with Crippen molar-refractivity contribution in [1.29, 1.82) is 0 Å². The lowest BCUT2D eigenvalue weighted by atomic mass is 9.97. The SMILES string of the molecule is CCNC(=O)C1CCCN(c2ccc(-c3cccs3)nn2)C1. The van der Waals surface area contributed by atoms with Crippen molar-refractivity contribution in [2.75, 3.05) is 24.5 Å². The number of amides is 1. The summed E-state index contributed by atoms with van der Waals surface area (Å²) < 4.78 is 0. The molecule has 0 aromatic carbocycles. The lowest BCUT2D eigenvalue weighted by Crippen LogP contribution is -2.43. The summed E-state index contributed by atoms with van der Waals surface area (Å²) in [6.07, 6.45) is 1.96. The highest BCUT2D eigenvalue weighted by molar-refractivity contribution is 7.13. The second kappa shape index (κ2) is 6.87. The molecule has 1 N–H and O–H groups in total. The van der Waals surface area contributed by atoms with Gasteiger partial charge in [0, 0.05) is 19.6 Å². The zero-order valence-corrected chi connectivity index (χ0v) is 13.5. The Kier molecular flexibility index (Phi) is 4.68. The predicted octanol–water partition coefficient (Wildman–Crippen LogP) is 2.56. The Labute approximate surface area is 134 Å². The molecular formula is C16H20N4OS. The van der Waals surface area contributed by atoms with Gasteiger partial charge in [0.05, 0.1) is 10.8 Å². The van der Waals surface area contributed by atoms with E-state index in [9.17, 15) is 4.79 Å². The molecular weight excluding hydrogens is 296 g/mol. The van der Waals surface area contributed by atoms with Gasteiger partial charge in [-0.1, -0.05) is 6.07 Å². The van der Waals surface area contributed by atoms with E-state index in [0.717, 1.165) is 42.3 Å².